The van der Waals surface area contributed by atoms with E-state index in [2.05, 4.69) is 50.2 Å². The molecule has 8 nitrogen and oxygen atoms in total. The van der Waals surface area contributed by atoms with E-state index < -0.39 is 37.0 Å². The van der Waals surface area contributed by atoms with Crippen LogP contribution in [0.3, 0.4) is 0 Å². The lowest BCUT2D eigenvalue weighted by atomic mass is 9.43. The summed E-state index contributed by atoms with van der Waals surface area (Å²) in [5, 5.41) is 15.9. The molecule has 0 unspecified atom stereocenters. The molecular formula is C25H38BN3O5. The average molecular weight is 471 g/mol. The van der Waals surface area contributed by atoms with Crippen LogP contribution >= 0.6 is 0 Å². The minimum atomic E-state index is -1.13. The molecule has 186 valence electrons. The van der Waals surface area contributed by atoms with Gasteiger partial charge in [0.05, 0.1) is 23.8 Å². The Morgan fingerprint density at radius 2 is 1.94 bits per heavy atom. The van der Waals surface area contributed by atoms with E-state index in [1.54, 1.807) is 18.2 Å². The monoisotopic (exact) mass is 471 g/mol. The van der Waals surface area contributed by atoms with E-state index in [0.29, 0.717) is 18.3 Å². The predicted molar refractivity (Wildman–Crippen MR) is 129 cm³/mol. The highest BCUT2D eigenvalue weighted by atomic mass is 16.7. The van der Waals surface area contributed by atoms with Crippen LogP contribution in [0.15, 0.2) is 24.4 Å². The third-order valence-corrected chi connectivity index (χ3v) is 8.30. The van der Waals surface area contributed by atoms with E-state index >= 15 is 0 Å². The van der Waals surface area contributed by atoms with Crippen molar-refractivity contribution in [1.29, 1.82) is 0 Å². The normalized spacial score (nSPS) is 31.8. The van der Waals surface area contributed by atoms with Crippen molar-refractivity contribution in [3.05, 3.63) is 30.1 Å². The summed E-state index contributed by atoms with van der Waals surface area (Å²) in [5.41, 5.74) is 0.0356. The van der Waals surface area contributed by atoms with Gasteiger partial charge < -0.3 is 25.0 Å². The first kappa shape index (κ1) is 25.1. The standard InChI is InChI=1S/C25H38BN3O5/c1-14(2)11-20(26-33-19-13-16-12-18(24(16,4)5)25(19,6)34-26)28-23(32)21(15(3)30)29-22(31)17-9-7-8-10-27-17/h7-10,14-16,18-21,30H,11-13H2,1-6H3,(H,28,32)(H,29,31)/t15-,16-,18+,19-,20+,21+,25+/m1/s1. The van der Waals surface area contributed by atoms with Crippen LogP contribution in [0.25, 0.3) is 0 Å². The van der Waals surface area contributed by atoms with Crippen molar-refractivity contribution in [2.75, 3.05) is 0 Å². The number of rotatable bonds is 8. The van der Waals surface area contributed by atoms with Gasteiger partial charge in [-0.05, 0) is 68.4 Å². The summed E-state index contributed by atoms with van der Waals surface area (Å²) >= 11 is 0. The molecule has 3 N–H and O–H groups in total. The highest BCUT2D eigenvalue weighted by Gasteiger charge is 2.68. The third kappa shape index (κ3) is 4.50. The number of pyridine rings is 1. The fourth-order valence-corrected chi connectivity index (χ4v) is 6.21. The molecule has 2 bridgehead atoms. The van der Waals surface area contributed by atoms with Gasteiger partial charge in [-0.25, -0.2) is 0 Å². The molecule has 4 aliphatic rings. The fraction of sp³-hybridized carbons (Fsp3) is 0.720. The fourth-order valence-electron chi connectivity index (χ4n) is 6.21. The number of aliphatic hydroxyl groups excluding tert-OH is 1. The van der Waals surface area contributed by atoms with Crippen molar-refractivity contribution >= 4 is 18.9 Å². The van der Waals surface area contributed by atoms with Gasteiger partial charge in [0.2, 0.25) is 5.91 Å². The summed E-state index contributed by atoms with van der Waals surface area (Å²) < 4.78 is 13.0. The van der Waals surface area contributed by atoms with Crippen LogP contribution in [-0.2, 0) is 14.1 Å². The van der Waals surface area contributed by atoms with Gasteiger partial charge in [-0.3, -0.25) is 14.6 Å². The molecule has 9 heteroatoms. The number of hydrogen-bond acceptors (Lipinski definition) is 6. The van der Waals surface area contributed by atoms with E-state index in [1.165, 1.54) is 13.1 Å². The summed E-state index contributed by atoms with van der Waals surface area (Å²) in [6.07, 6.45) is 3.20. The van der Waals surface area contributed by atoms with E-state index in [1.807, 2.05) is 0 Å². The van der Waals surface area contributed by atoms with Crippen molar-refractivity contribution in [2.45, 2.75) is 90.6 Å². The first-order valence-corrected chi connectivity index (χ1v) is 12.5. The molecule has 0 radical (unpaired) electrons. The summed E-state index contributed by atoms with van der Waals surface area (Å²) in [5.74, 6) is -0.0448. The molecule has 1 saturated heterocycles. The predicted octanol–water partition coefficient (Wildman–Crippen LogP) is 2.36. The number of hydrogen-bond donors (Lipinski definition) is 3. The van der Waals surface area contributed by atoms with Gasteiger partial charge in [0.1, 0.15) is 11.7 Å². The number of carbonyl (C=O) groups excluding carboxylic acids is 2. The number of nitrogens with zero attached hydrogens (tertiary/aromatic N) is 1. The Morgan fingerprint density at radius 1 is 1.21 bits per heavy atom. The summed E-state index contributed by atoms with van der Waals surface area (Å²) in [4.78, 5) is 29.9. The zero-order chi connectivity index (χ0) is 24.8. The molecule has 1 aromatic rings. The summed E-state index contributed by atoms with van der Waals surface area (Å²) in [6, 6.07) is 3.83. The molecule has 3 saturated carbocycles. The van der Waals surface area contributed by atoms with Crippen LogP contribution in [0, 0.1) is 23.2 Å². The highest BCUT2D eigenvalue weighted by molar-refractivity contribution is 6.48. The summed E-state index contributed by atoms with van der Waals surface area (Å²) in [6.45, 7) is 12.4. The van der Waals surface area contributed by atoms with Crippen LogP contribution in [0.2, 0.25) is 0 Å². The lowest BCUT2D eigenvalue weighted by molar-refractivity contribution is -0.199. The van der Waals surface area contributed by atoms with Gasteiger partial charge >= 0.3 is 7.12 Å². The molecule has 3 aliphatic carbocycles. The van der Waals surface area contributed by atoms with Crippen molar-refractivity contribution in [2.24, 2.45) is 23.2 Å². The van der Waals surface area contributed by atoms with Crippen LogP contribution in [-0.4, -0.2) is 58.8 Å². The van der Waals surface area contributed by atoms with Crippen LogP contribution in [0.4, 0.5) is 0 Å². The van der Waals surface area contributed by atoms with Gasteiger partial charge in [-0.2, -0.15) is 0 Å². The first-order valence-electron chi connectivity index (χ1n) is 12.5. The second kappa shape index (κ2) is 9.24. The van der Waals surface area contributed by atoms with Gasteiger partial charge in [-0.1, -0.05) is 33.8 Å². The van der Waals surface area contributed by atoms with Crippen LogP contribution in [0.5, 0.6) is 0 Å². The Labute approximate surface area is 202 Å². The van der Waals surface area contributed by atoms with Gasteiger partial charge in [-0.15, -0.1) is 0 Å². The molecule has 0 aromatic carbocycles. The maximum atomic E-state index is 13.3. The zero-order valence-corrected chi connectivity index (χ0v) is 21.1. The Hall–Kier alpha value is -1.97. The van der Waals surface area contributed by atoms with Crippen LogP contribution < -0.4 is 10.6 Å². The van der Waals surface area contributed by atoms with Crippen molar-refractivity contribution in [3.63, 3.8) is 0 Å². The minimum absolute atomic E-state index is 0.0114. The zero-order valence-electron chi connectivity index (χ0n) is 21.1. The lowest BCUT2D eigenvalue weighted by Gasteiger charge is -2.64. The molecule has 4 fully saturated rings. The number of aromatic nitrogens is 1. The maximum absolute atomic E-state index is 13.3. The maximum Gasteiger partial charge on any atom is 0.481 e. The Bertz CT molecular complexity index is 911. The second-order valence-electron chi connectivity index (χ2n) is 11.5. The lowest BCUT2D eigenvalue weighted by Crippen LogP contribution is -2.65. The Kier molecular flexibility index (Phi) is 6.83. The van der Waals surface area contributed by atoms with Crippen molar-refractivity contribution < 1.29 is 24.0 Å². The Morgan fingerprint density at radius 3 is 2.53 bits per heavy atom. The topological polar surface area (TPSA) is 110 Å². The summed E-state index contributed by atoms with van der Waals surface area (Å²) in [7, 11) is -0.572. The van der Waals surface area contributed by atoms with Gasteiger partial charge in [0.15, 0.2) is 0 Å². The molecular weight excluding hydrogens is 433 g/mol. The average Bonchev–Trinajstić information content (AvgIpc) is 3.13. The second-order valence-corrected chi connectivity index (χ2v) is 11.5. The van der Waals surface area contributed by atoms with Crippen molar-refractivity contribution in [1.82, 2.24) is 15.6 Å². The smallest absolute Gasteiger partial charge is 0.404 e. The molecule has 1 aliphatic heterocycles. The number of amides is 2. The molecule has 2 amide bonds. The number of carbonyl (C=O) groups is 2. The molecule has 2 heterocycles. The molecule has 7 atom stereocenters. The first-order chi connectivity index (χ1) is 15.9. The molecule has 34 heavy (non-hydrogen) atoms. The quantitative estimate of drug-likeness (QED) is 0.503. The van der Waals surface area contributed by atoms with Crippen molar-refractivity contribution in [3.8, 4) is 0 Å². The third-order valence-electron chi connectivity index (χ3n) is 8.30. The minimum Gasteiger partial charge on any atom is -0.404 e. The van der Waals surface area contributed by atoms with Gasteiger partial charge in [0, 0.05) is 6.20 Å². The molecule has 0 spiro atoms. The van der Waals surface area contributed by atoms with E-state index in [9.17, 15) is 14.7 Å². The van der Waals surface area contributed by atoms with Crippen LogP contribution in [0.1, 0.15) is 71.3 Å². The number of nitrogens with one attached hydrogen (secondary N) is 2. The SMILES string of the molecule is CC(C)C[C@H](NC(=O)[C@@H](NC(=O)c1ccccn1)[C@@H](C)O)B1O[C@@H]2C[C@H]3C[C@@H](C3(C)C)[C@]2(C)O1. The van der Waals surface area contributed by atoms with E-state index in [0.717, 1.165) is 12.8 Å². The number of aliphatic hydroxyl groups is 1. The molecule has 5 rings (SSSR count). The van der Waals surface area contributed by atoms with E-state index in [-0.39, 0.29) is 28.7 Å². The highest BCUT2D eigenvalue weighted by Crippen LogP contribution is 2.65. The largest absolute Gasteiger partial charge is 0.481 e. The molecule has 1 aromatic heterocycles. The Balaban J connectivity index is 1.47. The van der Waals surface area contributed by atoms with Gasteiger partial charge in [0.25, 0.3) is 5.91 Å². The van der Waals surface area contributed by atoms with E-state index in [4.69, 9.17) is 9.31 Å².